The van der Waals surface area contributed by atoms with Gasteiger partial charge in [0.25, 0.3) is 0 Å². The monoisotopic (exact) mass is 380 g/mol. The molecule has 0 aromatic heterocycles. The minimum absolute atomic E-state index is 0.143. The van der Waals surface area contributed by atoms with Gasteiger partial charge in [-0.1, -0.05) is 30.3 Å². The molecule has 152 valence electrons. The summed E-state index contributed by atoms with van der Waals surface area (Å²) in [6.07, 6.45) is -0.00365. The summed E-state index contributed by atoms with van der Waals surface area (Å²) in [5.74, 6) is -0.266. The molecule has 1 rings (SSSR count). The third kappa shape index (κ3) is 9.96. The molecule has 0 heterocycles. The van der Waals surface area contributed by atoms with Crippen molar-refractivity contribution in [1.29, 1.82) is 0 Å². The standard InChI is InChI=1S/C20H32N2O5/c1-16(21-19(25)27-20(2,3)4)18(24)22(12-13-23)11-8-14-26-15-17-9-6-5-7-10-17/h5-7,9-10,16,23H,8,11-15H2,1-4H3,(H,21,25)/t16-/m1/s1. The van der Waals surface area contributed by atoms with E-state index < -0.39 is 17.7 Å². The lowest BCUT2D eigenvalue weighted by Crippen LogP contribution is -2.49. The molecule has 0 saturated heterocycles. The lowest BCUT2D eigenvalue weighted by atomic mass is 10.2. The van der Waals surface area contributed by atoms with E-state index in [0.29, 0.717) is 26.2 Å². The Morgan fingerprint density at radius 3 is 2.44 bits per heavy atom. The Bertz CT molecular complexity index is 571. The third-order valence-corrected chi connectivity index (χ3v) is 3.61. The fraction of sp³-hybridized carbons (Fsp3) is 0.600. The number of hydrogen-bond donors (Lipinski definition) is 2. The minimum atomic E-state index is -0.739. The zero-order chi connectivity index (χ0) is 20.3. The minimum Gasteiger partial charge on any atom is -0.444 e. The maximum atomic E-state index is 12.5. The van der Waals surface area contributed by atoms with Crippen LogP contribution in [0.3, 0.4) is 0 Å². The van der Waals surface area contributed by atoms with Crippen LogP contribution in [0.1, 0.15) is 39.7 Å². The molecular weight excluding hydrogens is 348 g/mol. The van der Waals surface area contributed by atoms with E-state index in [0.717, 1.165) is 5.56 Å². The van der Waals surface area contributed by atoms with Crippen molar-refractivity contribution < 1.29 is 24.2 Å². The van der Waals surface area contributed by atoms with Crippen molar-refractivity contribution in [3.63, 3.8) is 0 Å². The largest absolute Gasteiger partial charge is 0.444 e. The number of aliphatic hydroxyl groups excluding tert-OH is 1. The Labute approximate surface area is 161 Å². The van der Waals surface area contributed by atoms with E-state index in [2.05, 4.69) is 5.32 Å². The number of rotatable bonds is 10. The van der Waals surface area contributed by atoms with Gasteiger partial charge in [0.05, 0.1) is 13.2 Å². The molecule has 0 fully saturated rings. The second-order valence-electron chi connectivity index (χ2n) is 7.31. The maximum absolute atomic E-state index is 12.5. The van der Waals surface area contributed by atoms with E-state index in [9.17, 15) is 14.7 Å². The molecule has 0 bridgehead atoms. The van der Waals surface area contributed by atoms with Gasteiger partial charge in [-0.3, -0.25) is 4.79 Å². The fourth-order valence-corrected chi connectivity index (χ4v) is 2.39. The second kappa shape index (κ2) is 11.6. The fourth-order valence-electron chi connectivity index (χ4n) is 2.39. The molecule has 0 radical (unpaired) electrons. The van der Waals surface area contributed by atoms with Crippen LogP contribution in [0.2, 0.25) is 0 Å². The van der Waals surface area contributed by atoms with Gasteiger partial charge < -0.3 is 24.8 Å². The Morgan fingerprint density at radius 2 is 1.85 bits per heavy atom. The molecule has 1 aromatic rings. The number of ether oxygens (including phenoxy) is 2. The molecule has 0 saturated carbocycles. The van der Waals surface area contributed by atoms with Crippen LogP contribution < -0.4 is 5.32 Å². The highest BCUT2D eigenvalue weighted by atomic mass is 16.6. The van der Waals surface area contributed by atoms with Crippen molar-refractivity contribution in [3.05, 3.63) is 35.9 Å². The average Bonchev–Trinajstić information content (AvgIpc) is 2.59. The summed E-state index contributed by atoms with van der Waals surface area (Å²) in [5.41, 5.74) is 0.462. The average molecular weight is 380 g/mol. The first-order valence-corrected chi connectivity index (χ1v) is 9.24. The summed E-state index contributed by atoms with van der Waals surface area (Å²) in [4.78, 5) is 25.9. The molecule has 1 aromatic carbocycles. The number of benzene rings is 1. The Morgan fingerprint density at radius 1 is 1.19 bits per heavy atom. The van der Waals surface area contributed by atoms with Gasteiger partial charge in [-0.2, -0.15) is 0 Å². The van der Waals surface area contributed by atoms with Crippen molar-refractivity contribution in [2.75, 3.05) is 26.3 Å². The lowest BCUT2D eigenvalue weighted by Gasteiger charge is -2.26. The van der Waals surface area contributed by atoms with Crippen molar-refractivity contribution >= 4 is 12.0 Å². The lowest BCUT2D eigenvalue weighted by molar-refractivity contribution is -0.133. The molecule has 7 nitrogen and oxygen atoms in total. The number of carbonyl (C=O) groups is 2. The van der Waals surface area contributed by atoms with E-state index >= 15 is 0 Å². The van der Waals surface area contributed by atoms with E-state index in [1.165, 1.54) is 4.90 Å². The zero-order valence-corrected chi connectivity index (χ0v) is 16.7. The zero-order valence-electron chi connectivity index (χ0n) is 16.7. The van der Waals surface area contributed by atoms with Gasteiger partial charge in [0.15, 0.2) is 0 Å². The first-order valence-electron chi connectivity index (χ1n) is 9.24. The smallest absolute Gasteiger partial charge is 0.408 e. The summed E-state index contributed by atoms with van der Waals surface area (Å²) < 4.78 is 10.8. The van der Waals surface area contributed by atoms with Crippen molar-refractivity contribution in [1.82, 2.24) is 10.2 Å². The van der Waals surface area contributed by atoms with Gasteiger partial charge in [0.1, 0.15) is 11.6 Å². The van der Waals surface area contributed by atoms with Crippen LogP contribution in [0, 0.1) is 0 Å². The summed E-state index contributed by atoms with van der Waals surface area (Å²) in [6.45, 7) is 8.39. The Balaban J connectivity index is 2.39. The molecule has 27 heavy (non-hydrogen) atoms. The number of alkyl carbamates (subject to hydrolysis) is 1. The molecule has 0 aliphatic rings. The molecule has 0 unspecified atom stereocenters. The predicted octanol–water partition coefficient (Wildman–Crippen LogP) is 2.33. The van der Waals surface area contributed by atoms with Crippen LogP contribution in [0.5, 0.6) is 0 Å². The van der Waals surface area contributed by atoms with E-state index in [1.807, 2.05) is 30.3 Å². The van der Waals surface area contributed by atoms with Gasteiger partial charge in [-0.25, -0.2) is 4.79 Å². The molecule has 0 aliphatic carbocycles. The van der Waals surface area contributed by atoms with Crippen LogP contribution in [-0.2, 0) is 20.9 Å². The van der Waals surface area contributed by atoms with Gasteiger partial charge >= 0.3 is 6.09 Å². The summed E-state index contributed by atoms with van der Waals surface area (Å²) in [6, 6.07) is 9.11. The van der Waals surface area contributed by atoms with Gasteiger partial charge in [0.2, 0.25) is 5.91 Å². The van der Waals surface area contributed by atoms with Gasteiger partial charge in [-0.05, 0) is 39.7 Å². The number of amides is 2. The number of carbonyl (C=O) groups excluding carboxylic acids is 2. The van der Waals surface area contributed by atoms with E-state index in [1.54, 1.807) is 27.7 Å². The highest BCUT2D eigenvalue weighted by molar-refractivity contribution is 5.85. The van der Waals surface area contributed by atoms with Crippen LogP contribution in [-0.4, -0.2) is 60.0 Å². The Kier molecular flexibility index (Phi) is 9.82. The van der Waals surface area contributed by atoms with Gasteiger partial charge in [0, 0.05) is 19.7 Å². The van der Waals surface area contributed by atoms with Crippen LogP contribution in [0.25, 0.3) is 0 Å². The molecule has 7 heteroatoms. The van der Waals surface area contributed by atoms with Crippen molar-refractivity contribution in [2.45, 2.75) is 52.4 Å². The molecule has 2 N–H and O–H groups in total. The molecule has 0 aliphatic heterocycles. The van der Waals surface area contributed by atoms with Crippen LogP contribution >= 0.6 is 0 Å². The van der Waals surface area contributed by atoms with Crippen molar-refractivity contribution in [3.8, 4) is 0 Å². The van der Waals surface area contributed by atoms with Crippen LogP contribution in [0.4, 0.5) is 4.79 Å². The third-order valence-electron chi connectivity index (χ3n) is 3.61. The summed E-state index contributed by atoms with van der Waals surface area (Å²) >= 11 is 0. The SMILES string of the molecule is C[C@@H](NC(=O)OC(C)(C)C)C(=O)N(CCO)CCCOCc1ccccc1. The summed E-state index contributed by atoms with van der Waals surface area (Å²) in [5, 5.41) is 11.7. The highest BCUT2D eigenvalue weighted by Crippen LogP contribution is 2.07. The second-order valence-corrected chi connectivity index (χ2v) is 7.31. The molecular formula is C20H32N2O5. The summed E-state index contributed by atoms with van der Waals surface area (Å²) in [7, 11) is 0. The number of nitrogens with one attached hydrogen (secondary N) is 1. The maximum Gasteiger partial charge on any atom is 0.408 e. The number of aliphatic hydroxyl groups is 1. The first-order chi connectivity index (χ1) is 12.7. The first kappa shape index (κ1) is 22.9. The Hall–Kier alpha value is -2.12. The predicted molar refractivity (Wildman–Crippen MR) is 103 cm³/mol. The van der Waals surface area contributed by atoms with Crippen molar-refractivity contribution in [2.24, 2.45) is 0 Å². The number of nitrogens with zero attached hydrogens (tertiary/aromatic N) is 1. The molecule has 0 spiro atoms. The highest BCUT2D eigenvalue weighted by Gasteiger charge is 2.24. The quantitative estimate of drug-likeness (QED) is 0.608. The topological polar surface area (TPSA) is 88.1 Å². The number of hydrogen-bond acceptors (Lipinski definition) is 5. The molecule has 2 amide bonds. The van der Waals surface area contributed by atoms with E-state index in [4.69, 9.17) is 9.47 Å². The molecule has 1 atom stereocenters. The normalized spacial score (nSPS) is 12.3. The van der Waals surface area contributed by atoms with Crippen LogP contribution in [0.15, 0.2) is 30.3 Å². The van der Waals surface area contributed by atoms with Gasteiger partial charge in [-0.15, -0.1) is 0 Å². The van der Waals surface area contributed by atoms with E-state index in [-0.39, 0.29) is 19.1 Å².